The topological polar surface area (TPSA) is 84.9 Å². The molecule has 2 saturated heterocycles. The quantitative estimate of drug-likeness (QED) is 0.598. The van der Waals surface area contributed by atoms with Crippen LogP contribution in [0, 0.1) is 11.8 Å². The van der Waals surface area contributed by atoms with Crippen LogP contribution >= 0.6 is 11.3 Å². The first-order chi connectivity index (χ1) is 13.9. The first-order valence-electron chi connectivity index (χ1n) is 9.42. The van der Waals surface area contributed by atoms with Crippen molar-refractivity contribution in [3.8, 4) is 5.75 Å². The van der Waals surface area contributed by atoms with Crippen molar-refractivity contribution in [2.45, 2.75) is 25.4 Å². The molecule has 0 spiro atoms. The predicted molar refractivity (Wildman–Crippen MR) is 108 cm³/mol. The summed E-state index contributed by atoms with van der Waals surface area (Å²) < 4.78 is 10.4. The highest BCUT2D eigenvalue weighted by Crippen LogP contribution is 2.50. The summed E-state index contributed by atoms with van der Waals surface area (Å²) in [5.74, 6) is -2.13. The van der Waals surface area contributed by atoms with Gasteiger partial charge in [0, 0.05) is 4.88 Å². The molecule has 8 heteroatoms. The van der Waals surface area contributed by atoms with Gasteiger partial charge in [0.2, 0.25) is 11.8 Å². The van der Waals surface area contributed by atoms with Crippen molar-refractivity contribution >= 4 is 34.8 Å². The van der Waals surface area contributed by atoms with E-state index >= 15 is 0 Å². The highest BCUT2D eigenvalue weighted by Gasteiger charge is 2.67. The van der Waals surface area contributed by atoms with Crippen LogP contribution in [0.5, 0.6) is 5.75 Å². The molecule has 7 nitrogen and oxygen atoms in total. The zero-order valence-electron chi connectivity index (χ0n) is 16.4. The van der Waals surface area contributed by atoms with E-state index in [0.29, 0.717) is 11.4 Å². The molecular formula is C21H22N2O5S. The average Bonchev–Trinajstić information content (AvgIpc) is 3.40. The van der Waals surface area contributed by atoms with Gasteiger partial charge in [-0.2, -0.15) is 0 Å². The molecule has 2 amide bonds. The molecule has 29 heavy (non-hydrogen) atoms. The lowest BCUT2D eigenvalue weighted by Crippen LogP contribution is -2.54. The Kier molecular flexibility index (Phi) is 4.92. The first-order valence-corrected chi connectivity index (χ1v) is 10.3. The molecule has 152 valence electrons. The number of anilines is 1. The molecular weight excluding hydrogens is 392 g/mol. The highest BCUT2D eigenvalue weighted by atomic mass is 32.1. The largest absolute Gasteiger partial charge is 0.497 e. The summed E-state index contributed by atoms with van der Waals surface area (Å²) in [6, 6.07) is 10.1. The van der Waals surface area contributed by atoms with Crippen molar-refractivity contribution in [2.75, 3.05) is 18.6 Å². The second-order valence-corrected chi connectivity index (χ2v) is 8.25. The molecule has 2 aliphatic heterocycles. The van der Waals surface area contributed by atoms with Gasteiger partial charge in [-0.3, -0.25) is 19.7 Å². The van der Waals surface area contributed by atoms with Gasteiger partial charge in [-0.25, -0.2) is 4.90 Å². The van der Waals surface area contributed by atoms with E-state index in [4.69, 9.17) is 9.47 Å². The first kappa shape index (κ1) is 19.6. The Labute approximate surface area is 172 Å². The van der Waals surface area contributed by atoms with E-state index in [0.717, 1.165) is 4.88 Å². The third-order valence-corrected chi connectivity index (χ3v) is 6.62. The molecule has 0 bridgehead atoms. The number of nitrogens with one attached hydrogen (secondary N) is 1. The summed E-state index contributed by atoms with van der Waals surface area (Å²) in [7, 11) is 1.55. The summed E-state index contributed by atoms with van der Waals surface area (Å²) in [5.41, 5.74) is -0.824. The molecule has 2 aromatic rings. The fourth-order valence-corrected chi connectivity index (χ4v) is 5.13. The SMILES string of the molecule is CCOC(=O)[C@]1(C)N[C@@H](c2cccs2)[C@H]2C(=O)N(c3ccc(OC)cc3)C(=O)[C@@H]21. The zero-order chi connectivity index (χ0) is 20.8. The van der Waals surface area contributed by atoms with E-state index in [1.165, 1.54) is 16.2 Å². The number of nitrogens with zero attached hydrogens (tertiary/aromatic N) is 1. The maximum absolute atomic E-state index is 13.4. The predicted octanol–water partition coefficient (Wildman–Crippen LogP) is 2.53. The van der Waals surface area contributed by atoms with Crippen molar-refractivity contribution in [1.29, 1.82) is 0 Å². The Morgan fingerprint density at radius 1 is 1.21 bits per heavy atom. The Balaban J connectivity index is 1.77. The minimum absolute atomic E-state index is 0.196. The summed E-state index contributed by atoms with van der Waals surface area (Å²) >= 11 is 1.49. The van der Waals surface area contributed by atoms with Crippen molar-refractivity contribution < 1.29 is 23.9 Å². The monoisotopic (exact) mass is 414 g/mol. The van der Waals surface area contributed by atoms with Crippen LogP contribution in [0.25, 0.3) is 0 Å². The normalized spacial score (nSPS) is 28.5. The van der Waals surface area contributed by atoms with E-state index < -0.39 is 35.3 Å². The van der Waals surface area contributed by atoms with Crippen LogP contribution in [-0.2, 0) is 19.1 Å². The Morgan fingerprint density at radius 3 is 2.52 bits per heavy atom. The van der Waals surface area contributed by atoms with Gasteiger partial charge in [-0.15, -0.1) is 11.3 Å². The van der Waals surface area contributed by atoms with Gasteiger partial charge < -0.3 is 9.47 Å². The summed E-state index contributed by atoms with van der Waals surface area (Å²) in [4.78, 5) is 41.8. The molecule has 0 radical (unpaired) electrons. The maximum Gasteiger partial charge on any atom is 0.326 e. The molecule has 3 heterocycles. The minimum atomic E-state index is -1.29. The summed E-state index contributed by atoms with van der Waals surface area (Å²) in [6.07, 6.45) is 0. The molecule has 1 aromatic heterocycles. The molecule has 2 fully saturated rings. The van der Waals surface area contributed by atoms with E-state index in [1.54, 1.807) is 45.2 Å². The van der Waals surface area contributed by atoms with Gasteiger partial charge in [0.1, 0.15) is 11.3 Å². The number of methoxy groups -OCH3 is 1. The summed E-state index contributed by atoms with van der Waals surface area (Å²) in [5, 5.41) is 5.17. The van der Waals surface area contributed by atoms with Crippen LogP contribution < -0.4 is 15.0 Å². The van der Waals surface area contributed by atoms with Gasteiger partial charge in [-0.1, -0.05) is 6.07 Å². The number of carbonyl (C=O) groups excluding carboxylic acids is 3. The number of carbonyl (C=O) groups is 3. The van der Waals surface area contributed by atoms with Crippen molar-refractivity contribution in [3.05, 3.63) is 46.7 Å². The third-order valence-electron chi connectivity index (χ3n) is 5.67. The number of benzene rings is 1. The van der Waals surface area contributed by atoms with Crippen molar-refractivity contribution in [1.82, 2.24) is 5.32 Å². The third kappa shape index (κ3) is 2.94. The number of imide groups is 1. The molecule has 2 aliphatic rings. The van der Waals surface area contributed by atoms with Gasteiger partial charge >= 0.3 is 5.97 Å². The number of hydrogen-bond acceptors (Lipinski definition) is 7. The van der Waals surface area contributed by atoms with Crippen LogP contribution in [0.2, 0.25) is 0 Å². The Hall–Kier alpha value is -2.71. The number of fused-ring (bicyclic) bond motifs is 1. The molecule has 0 unspecified atom stereocenters. The van der Waals surface area contributed by atoms with E-state index in [2.05, 4.69) is 5.32 Å². The zero-order valence-corrected chi connectivity index (χ0v) is 17.2. The number of hydrogen-bond donors (Lipinski definition) is 1. The second-order valence-electron chi connectivity index (χ2n) is 7.27. The lowest BCUT2D eigenvalue weighted by molar-refractivity contribution is -0.153. The fraction of sp³-hybridized carbons (Fsp3) is 0.381. The van der Waals surface area contributed by atoms with E-state index in [9.17, 15) is 14.4 Å². The smallest absolute Gasteiger partial charge is 0.326 e. The fourth-order valence-electron chi connectivity index (χ4n) is 4.31. The standard InChI is InChI=1S/C21H22N2O5S/c1-4-28-20(26)21(2)16-15(17(22-21)14-6-5-11-29-14)18(24)23(19(16)25)12-7-9-13(27-3)10-8-12/h5-11,15-17,22H,4H2,1-3H3/t15-,16+,17-,21+/m0/s1. The van der Waals surface area contributed by atoms with Crippen LogP contribution in [-0.4, -0.2) is 37.0 Å². The van der Waals surface area contributed by atoms with Gasteiger partial charge in [0.05, 0.1) is 37.3 Å². The molecule has 4 rings (SSSR count). The number of esters is 1. The second kappa shape index (κ2) is 7.27. The Morgan fingerprint density at radius 2 is 1.93 bits per heavy atom. The maximum atomic E-state index is 13.4. The van der Waals surface area contributed by atoms with Crippen LogP contribution in [0.4, 0.5) is 5.69 Å². The molecule has 0 aliphatic carbocycles. The summed E-state index contributed by atoms with van der Waals surface area (Å²) in [6.45, 7) is 3.57. The highest BCUT2D eigenvalue weighted by molar-refractivity contribution is 7.10. The number of thiophene rings is 1. The van der Waals surface area contributed by atoms with Crippen molar-refractivity contribution in [2.24, 2.45) is 11.8 Å². The number of ether oxygens (including phenoxy) is 2. The Bertz CT molecular complexity index is 942. The molecule has 1 aromatic carbocycles. The van der Waals surface area contributed by atoms with Crippen LogP contribution in [0.3, 0.4) is 0 Å². The molecule has 0 saturated carbocycles. The van der Waals surface area contributed by atoms with Gasteiger partial charge in [0.15, 0.2) is 0 Å². The van der Waals surface area contributed by atoms with Crippen molar-refractivity contribution in [3.63, 3.8) is 0 Å². The average molecular weight is 414 g/mol. The molecule has 4 atom stereocenters. The lowest BCUT2D eigenvalue weighted by atomic mass is 9.81. The number of rotatable bonds is 5. The van der Waals surface area contributed by atoms with Crippen LogP contribution in [0.15, 0.2) is 41.8 Å². The van der Waals surface area contributed by atoms with Gasteiger partial charge in [-0.05, 0) is 49.6 Å². The molecule has 1 N–H and O–H groups in total. The van der Waals surface area contributed by atoms with Gasteiger partial charge in [0.25, 0.3) is 0 Å². The minimum Gasteiger partial charge on any atom is -0.497 e. The number of amides is 2. The van der Waals surface area contributed by atoms with E-state index in [1.807, 2.05) is 17.5 Å². The van der Waals surface area contributed by atoms with E-state index in [-0.39, 0.29) is 12.5 Å². The lowest BCUT2D eigenvalue weighted by Gasteiger charge is -2.29. The van der Waals surface area contributed by atoms with Crippen LogP contribution in [0.1, 0.15) is 24.8 Å².